The summed E-state index contributed by atoms with van der Waals surface area (Å²) in [5.74, 6) is 0.831. The second kappa shape index (κ2) is 7.90. The lowest BCUT2D eigenvalue weighted by Crippen LogP contribution is -2.06. The number of nitrogens with two attached hydrogens (primary N) is 1. The van der Waals surface area contributed by atoms with Crippen LogP contribution in [0.5, 0.6) is 5.75 Å². The molecule has 0 spiro atoms. The van der Waals surface area contributed by atoms with Gasteiger partial charge < -0.3 is 15.2 Å². The van der Waals surface area contributed by atoms with Crippen LogP contribution in [0.4, 0.5) is 0 Å². The fourth-order valence-electron chi connectivity index (χ4n) is 1.71. The van der Waals surface area contributed by atoms with Crippen molar-refractivity contribution in [3.8, 4) is 5.75 Å². The van der Waals surface area contributed by atoms with Crippen molar-refractivity contribution in [1.29, 1.82) is 0 Å². The Balaban J connectivity index is 1.64. The molecule has 0 heterocycles. The van der Waals surface area contributed by atoms with Gasteiger partial charge in [0.05, 0.1) is 13.2 Å². The molecule has 106 valence electrons. The summed E-state index contributed by atoms with van der Waals surface area (Å²) in [5.41, 5.74) is 7.73. The zero-order chi connectivity index (χ0) is 14.2. The van der Waals surface area contributed by atoms with Crippen LogP contribution in [0.1, 0.15) is 11.1 Å². The maximum Gasteiger partial charge on any atom is 0.119 e. The maximum atomic E-state index is 5.82. The van der Waals surface area contributed by atoms with E-state index in [9.17, 15) is 0 Å². The quantitative estimate of drug-likeness (QED) is 0.795. The van der Waals surface area contributed by atoms with E-state index >= 15 is 0 Å². The minimum absolute atomic E-state index is 0.523. The molecule has 2 aromatic carbocycles. The summed E-state index contributed by atoms with van der Waals surface area (Å²) >= 11 is 5.82. The highest BCUT2D eigenvalue weighted by Gasteiger charge is 1.96. The molecule has 0 amide bonds. The van der Waals surface area contributed by atoms with Gasteiger partial charge in [-0.2, -0.15) is 0 Å². The van der Waals surface area contributed by atoms with Gasteiger partial charge in [0, 0.05) is 11.6 Å². The molecule has 0 aromatic heterocycles. The summed E-state index contributed by atoms with van der Waals surface area (Å²) in [6.45, 7) is 2.17. The third-order valence-corrected chi connectivity index (χ3v) is 3.09. The number of halogens is 1. The lowest BCUT2D eigenvalue weighted by Gasteiger charge is -2.08. The summed E-state index contributed by atoms with van der Waals surface area (Å²) in [4.78, 5) is 0. The summed E-state index contributed by atoms with van der Waals surface area (Å²) < 4.78 is 11.1. The van der Waals surface area contributed by atoms with Crippen LogP contribution >= 0.6 is 11.6 Å². The van der Waals surface area contributed by atoms with E-state index in [1.807, 2.05) is 48.5 Å². The number of hydrogen-bond acceptors (Lipinski definition) is 3. The topological polar surface area (TPSA) is 44.5 Å². The van der Waals surface area contributed by atoms with Crippen LogP contribution in [0.25, 0.3) is 0 Å². The minimum Gasteiger partial charge on any atom is -0.491 e. The molecule has 0 aliphatic rings. The van der Waals surface area contributed by atoms with Crippen molar-refractivity contribution >= 4 is 11.6 Å². The summed E-state index contributed by atoms with van der Waals surface area (Å²) in [6.07, 6.45) is 0. The average molecular weight is 292 g/mol. The van der Waals surface area contributed by atoms with Gasteiger partial charge in [-0.05, 0) is 35.4 Å². The van der Waals surface area contributed by atoms with Gasteiger partial charge in [-0.25, -0.2) is 0 Å². The van der Waals surface area contributed by atoms with E-state index in [4.69, 9.17) is 26.8 Å². The molecule has 0 saturated heterocycles. The van der Waals surface area contributed by atoms with Crippen molar-refractivity contribution in [2.45, 2.75) is 13.2 Å². The predicted octanol–water partition coefficient (Wildman–Crippen LogP) is 3.39. The third kappa shape index (κ3) is 4.85. The lowest BCUT2D eigenvalue weighted by molar-refractivity contribution is 0.0889. The number of rotatable bonds is 7. The molecule has 0 radical (unpaired) electrons. The van der Waals surface area contributed by atoms with Crippen LogP contribution in [0.2, 0.25) is 5.02 Å². The van der Waals surface area contributed by atoms with Gasteiger partial charge in [0.25, 0.3) is 0 Å². The molecule has 0 aliphatic heterocycles. The SMILES string of the molecule is NCc1ccc(OCCOCc2ccc(Cl)cc2)cc1. The first-order valence-corrected chi connectivity index (χ1v) is 6.90. The number of hydrogen-bond donors (Lipinski definition) is 1. The standard InChI is InChI=1S/C16H18ClNO2/c17-15-5-1-14(2-6-15)12-19-9-10-20-16-7-3-13(11-18)4-8-16/h1-8H,9-12,18H2. The Bertz CT molecular complexity index is 511. The van der Waals surface area contributed by atoms with Gasteiger partial charge in [0.15, 0.2) is 0 Å². The highest BCUT2D eigenvalue weighted by molar-refractivity contribution is 6.30. The monoisotopic (exact) mass is 291 g/mol. The van der Waals surface area contributed by atoms with Crippen LogP contribution in [0, 0.1) is 0 Å². The normalized spacial score (nSPS) is 10.5. The van der Waals surface area contributed by atoms with Crippen molar-refractivity contribution in [1.82, 2.24) is 0 Å². The average Bonchev–Trinajstić information content (AvgIpc) is 2.49. The van der Waals surface area contributed by atoms with Crippen molar-refractivity contribution < 1.29 is 9.47 Å². The molecular formula is C16H18ClNO2. The van der Waals surface area contributed by atoms with E-state index in [0.29, 0.717) is 26.4 Å². The Labute approximate surface area is 124 Å². The Morgan fingerprint density at radius 3 is 2.15 bits per heavy atom. The molecule has 0 fully saturated rings. The summed E-state index contributed by atoms with van der Waals surface area (Å²) in [5, 5.41) is 0.734. The Morgan fingerprint density at radius 2 is 1.50 bits per heavy atom. The number of benzene rings is 2. The minimum atomic E-state index is 0.523. The smallest absolute Gasteiger partial charge is 0.119 e. The zero-order valence-corrected chi connectivity index (χ0v) is 12.0. The third-order valence-electron chi connectivity index (χ3n) is 2.84. The van der Waals surface area contributed by atoms with Crippen LogP contribution < -0.4 is 10.5 Å². The first-order valence-electron chi connectivity index (χ1n) is 6.52. The van der Waals surface area contributed by atoms with E-state index in [-0.39, 0.29) is 0 Å². The van der Waals surface area contributed by atoms with Crippen molar-refractivity contribution in [3.05, 3.63) is 64.7 Å². The fraction of sp³-hybridized carbons (Fsp3) is 0.250. The van der Waals surface area contributed by atoms with Gasteiger partial charge >= 0.3 is 0 Å². The Kier molecular flexibility index (Phi) is 5.87. The Morgan fingerprint density at radius 1 is 0.850 bits per heavy atom. The molecule has 0 aliphatic carbocycles. The van der Waals surface area contributed by atoms with E-state index in [0.717, 1.165) is 21.9 Å². The molecule has 2 aromatic rings. The van der Waals surface area contributed by atoms with Crippen LogP contribution in [-0.2, 0) is 17.9 Å². The van der Waals surface area contributed by atoms with Crippen molar-refractivity contribution in [3.63, 3.8) is 0 Å². The molecular weight excluding hydrogens is 274 g/mol. The molecule has 0 unspecified atom stereocenters. The zero-order valence-electron chi connectivity index (χ0n) is 11.2. The number of ether oxygens (including phenoxy) is 2. The predicted molar refractivity (Wildman–Crippen MR) is 80.9 cm³/mol. The molecule has 0 saturated carbocycles. The van der Waals surface area contributed by atoms with Crippen molar-refractivity contribution in [2.75, 3.05) is 13.2 Å². The van der Waals surface area contributed by atoms with Gasteiger partial charge in [-0.15, -0.1) is 0 Å². The highest BCUT2D eigenvalue weighted by atomic mass is 35.5. The first-order chi connectivity index (χ1) is 9.78. The molecule has 0 bridgehead atoms. The lowest BCUT2D eigenvalue weighted by atomic mass is 10.2. The highest BCUT2D eigenvalue weighted by Crippen LogP contribution is 2.12. The maximum absolute atomic E-state index is 5.82. The van der Waals surface area contributed by atoms with Crippen molar-refractivity contribution in [2.24, 2.45) is 5.73 Å². The van der Waals surface area contributed by atoms with Crippen LogP contribution in [-0.4, -0.2) is 13.2 Å². The summed E-state index contributed by atoms with van der Waals surface area (Å²) in [7, 11) is 0. The first kappa shape index (κ1) is 14.9. The van der Waals surface area contributed by atoms with Gasteiger partial charge in [0.1, 0.15) is 12.4 Å². The van der Waals surface area contributed by atoms with E-state index in [1.54, 1.807) is 0 Å². The molecule has 20 heavy (non-hydrogen) atoms. The second-order valence-electron chi connectivity index (χ2n) is 4.38. The molecule has 2 rings (SSSR count). The largest absolute Gasteiger partial charge is 0.491 e. The molecule has 3 nitrogen and oxygen atoms in total. The van der Waals surface area contributed by atoms with Gasteiger partial charge in [-0.3, -0.25) is 0 Å². The van der Waals surface area contributed by atoms with E-state index in [2.05, 4.69) is 0 Å². The molecule has 4 heteroatoms. The molecule has 0 atom stereocenters. The van der Waals surface area contributed by atoms with Gasteiger partial charge in [-0.1, -0.05) is 35.9 Å². The van der Waals surface area contributed by atoms with Gasteiger partial charge in [0.2, 0.25) is 0 Å². The van der Waals surface area contributed by atoms with Crippen LogP contribution in [0.15, 0.2) is 48.5 Å². The fourth-order valence-corrected chi connectivity index (χ4v) is 1.84. The molecule has 2 N–H and O–H groups in total. The summed E-state index contributed by atoms with van der Waals surface area (Å²) in [6, 6.07) is 15.4. The second-order valence-corrected chi connectivity index (χ2v) is 4.81. The Hall–Kier alpha value is -1.55. The van der Waals surface area contributed by atoms with E-state index in [1.165, 1.54) is 0 Å². The van der Waals surface area contributed by atoms with Crippen LogP contribution in [0.3, 0.4) is 0 Å². The van der Waals surface area contributed by atoms with E-state index < -0.39 is 0 Å².